The minimum Gasteiger partial charge on any atom is -0.272 e. The third-order valence-corrected chi connectivity index (χ3v) is 2.12. The highest BCUT2D eigenvalue weighted by Gasteiger charge is 1.91. The number of hydrogen-bond donors (Lipinski definition) is 1. The van der Waals surface area contributed by atoms with Crippen LogP contribution in [0.15, 0.2) is 4.99 Å². The van der Waals surface area contributed by atoms with Crippen molar-refractivity contribution in [2.24, 2.45) is 4.99 Å². The van der Waals surface area contributed by atoms with E-state index in [1.807, 2.05) is 18.7 Å². The molecule has 0 rings (SSSR count). The van der Waals surface area contributed by atoms with E-state index >= 15 is 0 Å². The van der Waals surface area contributed by atoms with Crippen LogP contribution in [0.25, 0.3) is 0 Å². The van der Waals surface area contributed by atoms with Gasteiger partial charge in [-0.25, -0.2) is 0 Å². The molecule has 0 aromatic heterocycles. The van der Waals surface area contributed by atoms with Gasteiger partial charge in [-0.15, -0.1) is 0 Å². The molecule has 0 fully saturated rings. The molecule has 5 heteroatoms. The fourth-order valence-corrected chi connectivity index (χ4v) is 1.08. The van der Waals surface area contributed by atoms with E-state index in [1.165, 1.54) is 11.8 Å². The van der Waals surface area contributed by atoms with Crippen LogP contribution in [0.4, 0.5) is 0 Å². The Balaban J connectivity index is 3.63. The van der Waals surface area contributed by atoms with E-state index in [1.54, 1.807) is 11.8 Å². The molecule has 11 heavy (non-hydrogen) atoms. The zero-order valence-electron chi connectivity index (χ0n) is 6.63. The molecule has 0 spiro atoms. The lowest BCUT2D eigenvalue weighted by atomic mass is 10.8. The van der Waals surface area contributed by atoms with Crippen molar-refractivity contribution in [1.82, 2.24) is 5.32 Å². The minimum atomic E-state index is 0.696. The molecule has 0 bridgehead atoms. The van der Waals surface area contributed by atoms with Crippen LogP contribution in [-0.4, -0.2) is 30.0 Å². The van der Waals surface area contributed by atoms with Gasteiger partial charge in [-0.1, -0.05) is 11.8 Å². The summed E-state index contributed by atoms with van der Waals surface area (Å²) >= 11 is 3.20. The summed E-state index contributed by atoms with van der Waals surface area (Å²) in [6.07, 6.45) is 5.76. The Hall–Kier alpha value is -0.340. The average Bonchev–Trinajstić information content (AvgIpc) is 2.03. The maximum absolute atomic E-state index is 8.26. The van der Waals surface area contributed by atoms with E-state index in [2.05, 4.69) is 10.3 Å². The lowest BCUT2D eigenvalue weighted by Gasteiger charge is -1.97. The largest absolute Gasteiger partial charge is 0.272 e. The summed E-state index contributed by atoms with van der Waals surface area (Å²) in [5.41, 5.74) is 0. The molecule has 0 radical (unpaired) electrons. The van der Waals surface area contributed by atoms with Crippen LogP contribution in [0.3, 0.4) is 0 Å². The molecule has 0 unspecified atom stereocenters. The molecule has 3 nitrogen and oxygen atoms in total. The fourth-order valence-electron chi connectivity index (χ4n) is 0.441. The number of hydrogen-bond acceptors (Lipinski definition) is 4. The fraction of sp³-hybridized carbons (Fsp3) is 0.667. The Morgan fingerprint density at radius 2 is 2.36 bits per heavy atom. The number of nitrogens with zero attached hydrogens (tertiary/aromatic N) is 2. The van der Waals surface area contributed by atoms with Gasteiger partial charge in [-0.2, -0.15) is 17.0 Å². The highest BCUT2D eigenvalue weighted by Crippen LogP contribution is 1.96. The number of aliphatic imine (C=N–C) groups is 1. The number of amidine groups is 1. The van der Waals surface area contributed by atoms with Crippen molar-refractivity contribution >= 4 is 28.7 Å². The van der Waals surface area contributed by atoms with Gasteiger partial charge in [0.15, 0.2) is 11.4 Å². The summed E-state index contributed by atoms with van der Waals surface area (Å²) in [5, 5.41) is 11.5. The third-order valence-electron chi connectivity index (χ3n) is 0.907. The number of nitrogens with one attached hydrogen (secondary N) is 1. The molecule has 0 saturated heterocycles. The zero-order chi connectivity index (χ0) is 8.53. The van der Waals surface area contributed by atoms with E-state index in [9.17, 15) is 0 Å². The normalized spacial score (nSPS) is 10.8. The van der Waals surface area contributed by atoms with E-state index in [4.69, 9.17) is 5.26 Å². The molecular weight excluding hydrogens is 178 g/mol. The number of thioether (sulfide) groups is 2. The summed E-state index contributed by atoms with van der Waals surface area (Å²) in [4.78, 5) is 4.15. The van der Waals surface area contributed by atoms with Crippen LogP contribution in [0.5, 0.6) is 0 Å². The van der Waals surface area contributed by atoms with Crippen molar-refractivity contribution in [1.29, 1.82) is 5.26 Å². The van der Waals surface area contributed by atoms with Gasteiger partial charge in [0.2, 0.25) is 0 Å². The van der Waals surface area contributed by atoms with Crippen LogP contribution < -0.4 is 5.32 Å². The predicted octanol–water partition coefficient (Wildman–Crippen LogP) is 1.14. The SMILES string of the molecule is CSCCN=C(NC#N)SC. The van der Waals surface area contributed by atoms with E-state index < -0.39 is 0 Å². The molecule has 0 aromatic carbocycles. The third kappa shape index (κ3) is 6.07. The Labute approximate surface area is 75.6 Å². The molecule has 0 aromatic rings. The number of rotatable bonds is 3. The average molecular weight is 189 g/mol. The molecule has 0 amide bonds. The lowest BCUT2D eigenvalue weighted by Crippen LogP contribution is -2.13. The van der Waals surface area contributed by atoms with Crippen molar-refractivity contribution in [3.63, 3.8) is 0 Å². The van der Waals surface area contributed by atoms with Crippen LogP contribution in [0.1, 0.15) is 0 Å². The van der Waals surface area contributed by atoms with E-state index in [-0.39, 0.29) is 0 Å². The zero-order valence-corrected chi connectivity index (χ0v) is 8.26. The van der Waals surface area contributed by atoms with Gasteiger partial charge in [-0.3, -0.25) is 10.3 Å². The highest BCUT2D eigenvalue weighted by molar-refractivity contribution is 8.13. The first-order valence-corrected chi connectivity index (χ1v) is 5.69. The molecule has 0 saturated carbocycles. The van der Waals surface area contributed by atoms with Gasteiger partial charge in [0.05, 0.1) is 6.54 Å². The standard InChI is InChI=1S/C6H11N3S2/c1-10-4-3-8-6(11-2)9-5-7/h3-4H2,1-2H3,(H,8,9). The topological polar surface area (TPSA) is 48.2 Å². The molecule has 0 aliphatic heterocycles. The molecule has 62 valence electrons. The van der Waals surface area contributed by atoms with Crippen LogP contribution in [0.2, 0.25) is 0 Å². The second-order valence-electron chi connectivity index (χ2n) is 1.62. The van der Waals surface area contributed by atoms with Gasteiger partial charge in [0.1, 0.15) is 0 Å². The summed E-state index contributed by atoms with van der Waals surface area (Å²) < 4.78 is 0. The van der Waals surface area contributed by atoms with E-state index in [0.717, 1.165) is 12.3 Å². The Kier molecular flexibility index (Phi) is 7.52. The van der Waals surface area contributed by atoms with Crippen molar-refractivity contribution in [3.05, 3.63) is 0 Å². The molecule has 0 aliphatic carbocycles. The molecule has 0 atom stereocenters. The first-order valence-electron chi connectivity index (χ1n) is 3.07. The van der Waals surface area contributed by atoms with Crippen LogP contribution in [0, 0.1) is 11.5 Å². The Morgan fingerprint density at radius 1 is 1.64 bits per heavy atom. The quantitative estimate of drug-likeness (QED) is 0.238. The van der Waals surface area contributed by atoms with Crippen molar-refractivity contribution in [2.45, 2.75) is 0 Å². The first-order chi connectivity index (χ1) is 5.35. The van der Waals surface area contributed by atoms with Crippen LogP contribution >= 0.6 is 23.5 Å². The van der Waals surface area contributed by atoms with Gasteiger partial charge in [0.25, 0.3) is 0 Å². The molecule has 0 aliphatic rings. The maximum atomic E-state index is 8.26. The molecule has 1 N–H and O–H groups in total. The second-order valence-corrected chi connectivity index (χ2v) is 3.40. The van der Waals surface area contributed by atoms with Gasteiger partial charge >= 0.3 is 0 Å². The lowest BCUT2D eigenvalue weighted by molar-refractivity contribution is 1.12. The van der Waals surface area contributed by atoms with Crippen LogP contribution in [-0.2, 0) is 0 Å². The summed E-state index contributed by atoms with van der Waals surface area (Å²) in [6.45, 7) is 0.770. The monoisotopic (exact) mass is 189 g/mol. The van der Waals surface area contributed by atoms with Gasteiger partial charge in [0, 0.05) is 5.75 Å². The molecule has 0 heterocycles. The van der Waals surface area contributed by atoms with Crippen molar-refractivity contribution in [2.75, 3.05) is 24.8 Å². The Bertz CT molecular complexity index is 162. The first kappa shape index (κ1) is 10.7. The van der Waals surface area contributed by atoms with Gasteiger partial charge < -0.3 is 0 Å². The van der Waals surface area contributed by atoms with Gasteiger partial charge in [-0.05, 0) is 12.5 Å². The summed E-state index contributed by atoms with van der Waals surface area (Å²) in [6, 6.07) is 0. The van der Waals surface area contributed by atoms with E-state index in [0.29, 0.717) is 5.17 Å². The van der Waals surface area contributed by atoms with Crippen molar-refractivity contribution in [3.8, 4) is 6.19 Å². The Morgan fingerprint density at radius 3 is 2.82 bits per heavy atom. The summed E-state index contributed by atoms with van der Waals surface area (Å²) in [7, 11) is 0. The second kappa shape index (κ2) is 7.76. The smallest absolute Gasteiger partial charge is 0.183 e. The van der Waals surface area contributed by atoms with Crippen molar-refractivity contribution < 1.29 is 0 Å². The predicted molar refractivity (Wildman–Crippen MR) is 52.9 cm³/mol. The highest BCUT2D eigenvalue weighted by atomic mass is 32.2. The molecular formula is C6H11N3S2. The maximum Gasteiger partial charge on any atom is 0.183 e. The number of nitriles is 1. The summed E-state index contributed by atoms with van der Waals surface area (Å²) in [5.74, 6) is 0.997. The minimum absolute atomic E-state index is 0.696.